The molecule has 1 aliphatic carbocycles. The fourth-order valence-electron chi connectivity index (χ4n) is 2.71. The van der Waals surface area contributed by atoms with Crippen LogP contribution in [-0.4, -0.2) is 14.6 Å². The molecule has 1 atom stereocenters. The maximum Gasteiger partial charge on any atom is 0.157 e. The molecule has 1 aliphatic rings. The van der Waals surface area contributed by atoms with Crippen molar-refractivity contribution in [3.05, 3.63) is 46.4 Å². The Morgan fingerprint density at radius 2 is 2.32 bits per heavy atom. The van der Waals surface area contributed by atoms with Gasteiger partial charge in [-0.25, -0.2) is 9.50 Å². The van der Waals surface area contributed by atoms with Crippen molar-refractivity contribution in [3.63, 3.8) is 0 Å². The lowest BCUT2D eigenvalue weighted by Crippen LogP contribution is -2.16. The average molecular weight is 270 g/mol. The molecule has 0 aromatic carbocycles. The van der Waals surface area contributed by atoms with Crippen molar-refractivity contribution in [1.82, 2.24) is 14.6 Å². The van der Waals surface area contributed by atoms with Crippen molar-refractivity contribution >= 4 is 22.8 Å². The molecule has 3 heterocycles. The monoisotopic (exact) mass is 270 g/mol. The summed E-state index contributed by atoms with van der Waals surface area (Å²) in [6, 6.07) is 6.55. The zero-order valence-corrected chi connectivity index (χ0v) is 11.2. The van der Waals surface area contributed by atoms with E-state index in [0.29, 0.717) is 6.04 Å². The molecule has 0 amide bonds. The Balaban J connectivity index is 1.65. The second-order valence-corrected chi connectivity index (χ2v) is 5.84. The van der Waals surface area contributed by atoms with Gasteiger partial charge in [-0.05, 0) is 42.3 Å². The third kappa shape index (κ3) is 1.90. The van der Waals surface area contributed by atoms with Gasteiger partial charge < -0.3 is 5.32 Å². The van der Waals surface area contributed by atoms with E-state index in [0.717, 1.165) is 11.5 Å². The molecule has 5 heteroatoms. The first kappa shape index (κ1) is 11.0. The van der Waals surface area contributed by atoms with Crippen LogP contribution >= 0.6 is 11.3 Å². The quantitative estimate of drug-likeness (QED) is 0.777. The SMILES string of the molecule is c1cc2nc(NC3CCCc4sccc43)ccn2n1. The summed E-state index contributed by atoms with van der Waals surface area (Å²) in [5, 5.41) is 9.91. The molecule has 0 radical (unpaired) electrons. The highest BCUT2D eigenvalue weighted by atomic mass is 32.1. The molecule has 1 N–H and O–H groups in total. The molecule has 0 fully saturated rings. The lowest BCUT2D eigenvalue weighted by Gasteiger charge is -2.24. The number of nitrogens with zero attached hydrogens (tertiary/aromatic N) is 3. The van der Waals surface area contributed by atoms with E-state index in [1.54, 1.807) is 10.7 Å². The van der Waals surface area contributed by atoms with Crippen LogP contribution in [0.2, 0.25) is 0 Å². The maximum absolute atomic E-state index is 4.58. The molecule has 0 spiro atoms. The van der Waals surface area contributed by atoms with Gasteiger partial charge in [0, 0.05) is 17.1 Å². The predicted octanol–water partition coefficient (Wildman–Crippen LogP) is 3.28. The van der Waals surface area contributed by atoms with E-state index >= 15 is 0 Å². The topological polar surface area (TPSA) is 42.2 Å². The van der Waals surface area contributed by atoms with E-state index in [1.165, 1.54) is 29.7 Å². The Morgan fingerprint density at radius 3 is 3.32 bits per heavy atom. The minimum atomic E-state index is 0.396. The summed E-state index contributed by atoms with van der Waals surface area (Å²) in [6.07, 6.45) is 7.36. The highest BCUT2D eigenvalue weighted by Crippen LogP contribution is 2.35. The molecular formula is C14H14N4S. The number of fused-ring (bicyclic) bond motifs is 2. The predicted molar refractivity (Wildman–Crippen MR) is 76.6 cm³/mol. The second-order valence-electron chi connectivity index (χ2n) is 4.84. The van der Waals surface area contributed by atoms with Crippen LogP contribution in [0.15, 0.2) is 36.0 Å². The summed E-state index contributed by atoms with van der Waals surface area (Å²) >= 11 is 1.87. The average Bonchev–Trinajstić information content (AvgIpc) is 3.06. The molecule has 0 aliphatic heterocycles. The molecule has 0 bridgehead atoms. The highest BCUT2D eigenvalue weighted by molar-refractivity contribution is 7.10. The van der Waals surface area contributed by atoms with Gasteiger partial charge in [0.25, 0.3) is 0 Å². The van der Waals surface area contributed by atoms with E-state index in [2.05, 4.69) is 26.8 Å². The third-order valence-electron chi connectivity index (χ3n) is 3.63. The fraction of sp³-hybridized carbons (Fsp3) is 0.286. The number of hydrogen-bond acceptors (Lipinski definition) is 4. The van der Waals surface area contributed by atoms with Crippen LogP contribution in [0, 0.1) is 0 Å². The fourth-order valence-corrected chi connectivity index (χ4v) is 3.70. The molecule has 0 saturated carbocycles. The zero-order valence-electron chi connectivity index (χ0n) is 10.4. The Hall–Kier alpha value is -1.88. The van der Waals surface area contributed by atoms with Crippen LogP contribution in [0.1, 0.15) is 29.3 Å². The summed E-state index contributed by atoms with van der Waals surface area (Å²) in [4.78, 5) is 6.10. The van der Waals surface area contributed by atoms with Crippen LogP contribution in [0.5, 0.6) is 0 Å². The minimum absolute atomic E-state index is 0.396. The summed E-state index contributed by atoms with van der Waals surface area (Å²) in [5.74, 6) is 0.928. The highest BCUT2D eigenvalue weighted by Gasteiger charge is 2.21. The molecule has 4 nitrogen and oxygen atoms in total. The van der Waals surface area contributed by atoms with Gasteiger partial charge in [0.05, 0.1) is 12.2 Å². The van der Waals surface area contributed by atoms with E-state index in [1.807, 2.05) is 29.7 Å². The van der Waals surface area contributed by atoms with Gasteiger partial charge in [-0.1, -0.05) is 0 Å². The molecule has 4 rings (SSSR count). The first-order valence-electron chi connectivity index (χ1n) is 6.53. The Kier molecular flexibility index (Phi) is 2.51. The smallest absolute Gasteiger partial charge is 0.157 e. The van der Waals surface area contributed by atoms with Crippen LogP contribution in [0.25, 0.3) is 5.65 Å². The maximum atomic E-state index is 4.58. The summed E-state index contributed by atoms with van der Waals surface area (Å²) in [7, 11) is 0. The summed E-state index contributed by atoms with van der Waals surface area (Å²) in [6.45, 7) is 0. The van der Waals surface area contributed by atoms with Gasteiger partial charge in [0.2, 0.25) is 0 Å². The molecule has 19 heavy (non-hydrogen) atoms. The molecule has 3 aromatic rings. The lowest BCUT2D eigenvalue weighted by atomic mass is 9.94. The first-order valence-corrected chi connectivity index (χ1v) is 7.41. The number of nitrogens with one attached hydrogen (secondary N) is 1. The van der Waals surface area contributed by atoms with E-state index < -0.39 is 0 Å². The third-order valence-corrected chi connectivity index (χ3v) is 4.63. The van der Waals surface area contributed by atoms with Gasteiger partial charge in [-0.2, -0.15) is 5.10 Å². The summed E-state index contributed by atoms with van der Waals surface area (Å²) < 4.78 is 1.78. The van der Waals surface area contributed by atoms with Crippen molar-refractivity contribution < 1.29 is 0 Å². The van der Waals surface area contributed by atoms with Crippen molar-refractivity contribution in [2.24, 2.45) is 0 Å². The number of hydrogen-bond donors (Lipinski definition) is 1. The second kappa shape index (κ2) is 4.35. The molecule has 0 saturated heterocycles. The largest absolute Gasteiger partial charge is 0.363 e. The van der Waals surface area contributed by atoms with Gasteiger partial charge in [0.1, 0.15) is 5.82 Å². The van der Waals surface area contributed by atoms with Gasteiger partial charge >= 0.3 is 0 Å². The molecule has 96 valence electrons. The van der Waals surface area contributed by atoms with Gasteiger partial charge in [-0.3, -0.25) is 0 Å². The van der Waals surface area contributed by atoms with Crippen LogP contribution in [-0.2, 0) is 6.42 Å². The van der Waals surface area contributed by atoms with Gasteiger partial charge in [-0.15, -0.1) is 11.3 Å². The van der Waals surface area contributed by atoms with Crippen molar-refractivity contribution in [2.75, 3.05) is 5.32 Å². The number of aryl methyl sites for hydroxylation is 1. The van der Waals surface area contributed by atoms with Crippen molar-refractivity contribution in [3.8, 4) is 0 Å². The molecule has 3 aromatic heterocycles. The van der Waals surface area contributed by atoms with Gasteiger partial charge in [0.15, 0.2) is 5.65 Å². The van der Waals surface area contributed by atoms with E-state index in [9.17, 15) is 0 Å². The Morgan fingerprint density at radius 1 is 1.32 bits per heavy atom. The zero-order chi connectivity index (χ0) is 12.7. The standard InChI is InChI=1S/C14H14N4S/c1-2-11(10-6-9-19-12(10)3-1)16-13-5-8-18-14(17-13)4-7-15-18/h4-9,11H,1-3H2,(H,16,17). The van der Waals surface area contributed by atoms with Crippen molar-refractivity contribution in [2.45, 2.75) is 25.3 Å². The minimum Gasteiger partial charge on any atom is -0.363 e. The normalized spacial score (nSPS) is 18.4. The first-order chi connectivity index (χ1) is 9.40. The summed E-state index contributed by atoms with van der Waals surface area (Å²) in [5.41, 5.74) is 2.33. The van der Waals surface area contributed by atoms with Crippen LogP contribution in [0.4, 0.5) is 5.82 Å². The number of rotatable bonds is 2. The molecular weight excluding hydrogens is 256 g/mol. The number of aromatic nitrogens is 3. The van der Waals surface area contributed by atoms with E-state index in [4.69, 9.17) is 0 Å². The van der Waals surface area contributed by atoms with Crippen molar-refractivity contribution in [1.29, 1.82) is 0 Å². The van der Waals surface area contributed by atoms with E-state index in [-0.39, 0.29) is 0 Å². The van der Waals surface area contributed by atoms with Crippen LogP contribution < -0.4 is 5.32 Å². The number of anilines is 1. The lowest BCUT2D eigenvalue weighted by molar-refractivity contribution is 0.607. The van der Waals surface area contributed by atoms with Crippen LogP contribution in [0.3, 0.4) is 0 Å². The molecule has 1 unspecified atom stereocenters. The Bertz CT molecular complexity index is 715. The number of thiophene rings is 1. The Labute approximate surface area is 115 Å².